The number of piperidine rings is 1. The van der Waals surface area contributed by atoms with E-state index in [1.807, 2.05) is 4.90 Å². The maximum Gasteiger partial charge on any atom is 0.257 e. The summed E-state index contributed by atoms with van der Waals surface area (Å²) in [5.74, 6) is 2.30. The van der Waals surface area contributed by atoms with Gasteiger partial charge >= 0.3 is 0 Å². The predicted octanol–water partition coefficient (Wildman–Crippen LogP) is 3.03. The van der Waals surface area contributed by atoms with Crippen LogP contribution in [-0.2, 0) is 6.54 Å². The lowest BCUT2D eigenvalue weighted by molar-refractivity contribution is 0.0683. The van der Waals surface area contributed by atoms with E-state index in [1.54, 1.807) is 6.07 Å². The first kappa shape index (κ1) is 15.1. The van der Waals surface area contributed by atoms with Crippen LogP contribution in [0, 0.1) is 11.8 Å². The number of hydrogen-bond donors (Lipinski definition) is 1. The van der Waals surface area contributed by atoms with Crippen molar-refractivity contribution >= 4 is 5.91 Å². The lowest BCUT2D eigenvalue weighted by atomic mass is 9.89. The molecule has 1 aliphatic rings. The number of nitrogens with zero attached hydrogens (tertiary/aromatic N) is 1. The van der Waals surface area contributed by atoms with E-state index in [-0.39, 0.29) is 5.91 Å². The standard InChI is InChI=1S/C16H26N2O2/c1-12(2)3-4-13-5-7-18(8-6-13)16(19)14-9-15(10-17)20-11-14/h9,11-13H,3-8,10,17H2,1-2H3. The first-order valence-electron chi connectivity index (χ1n) is 7.67. The molecule has 0 radical (unpaired) electrons. The molecule has 2 heterocycles. The van der Waals surface area contributed by atoms with E-state index in [0.717, 1.165) is 37.8 Å². The fourth-order valence-electron chi connectivity index (χ4n) is 2.78. The fraction of sp³-hybridized carbons (Fsp3) is 0.688. The Kier molecular flexibility index (Phi) is 5.24. The third-order valence-corrected chi connectivity index (χ3v) is 4.16. The molecular weight excluding hydrogens is 252 g/mol. The van der Waals surface area contributed by atoms with Crippen LogP contribution in [0.2, 0.25) is 0 Å². The molecule has 0 unspecified atom stereocenters. The van der Waals surface area contributed by atoms with Gasteiger partial charge in [0.1, 0.15) is 12.0 Å². The Morgan fingerprint density at radius 3 is 2.70 bits per heavy atom. The fourth-order valence-corrected chi connectivity index (χ4v) is 2.78. The highest BCUT2D eigenvalue weighted by Gasteiger charge is 2.24. The minimum atomic E-state index is 0.0794. The molecule has 0 saturated carbocycles. The SMILES string of the molecule is CC(C)CCC1CCN(C(=O)c2coc(CN)c2)CC1. The van der Waals surface area contributed by atoms with Crippen molar-refractivity contribution in [1.29, 1.82) is 0 Å². The highest BCUT2D eigenvalue weighted by Crippen LogP contribution is 2.25. The molecule has 2 N–H and O–H groups in total. The zero-order chi connectivity index (χ0) is 14.5. The summed E-state index contributed by atoms with van der Waals surface area (Å²) in [6.45, 7) is 6.61. The molecule has 4 heteroatoms. The summed E-state index contributed by atoms with van der Waals surface area (Å²) in [5.41, 5.74) is 6.13. The molecule has 0 spiro atoms. The summed E-state index contributed by atoms with van der Waals surface area (Å²) in [6, 6.07) is 1.76. The smallest absolute Gasteiger partial charge is 0.257 e. The van der Waals surface area contributed by atoms with Crippen molar-refractivity contribution in [2.24, 2.45) is 17.6 Å². The van der Waals surface area contributed by atoms with Crippen molar-refractivity contribution in [2.45, 2.75) is 46.1 Å². The highest BCUT2D eigenvalue weighted by atomic mass is 16.3. The van der Waals surface area contributed by atoms with E-state index in [9.17, 15) is 4.79 Å². The van der Waals surface area contributed by atoms with Crippen molar-refractivity contribution in [1.82, 2.24) is 4.90 Å². The van der Waals surface area contributed by atoms with Crippen LogP contribution in [0.15, 0.2) is 16.7 Å². The van der Waals surface area contributed by atoms with E-state index in [2.05, 4.69) is 13.8 Å². The molecule has 0 atom stereocenters. The van der Waals surface area contributed by atoms with Crippen LogP contribution in [0.1, 0.15) is 55.6 Å². The highest BCUT2D eigenvalue weighted by molar-refractivity contribution is 5.94. The maximum atomic E-state index is 12.3. The van der Waals surface area contributed by atoms with Crippen LogP contribution in [-0.4, -0.2) is 23.9 Å². The van der Waals surface area contributed by atoms with Crippen LogP contribution in [0.3, 0.4) is 0 Å². The summed E-state index contributed by atoms with van der Waals surface area (Å²) in [6.07, 6.45) is 6.36. The van der Waals surface area contributed by atoms with Crippen LogP contribution in [0.25, 0.3) is 0 Å². The molecule has 112 valence electrons. The quantitative estimate of drug-likeness (QED) is 0.900. The zero-order valence-corrected chi connectivity index (χ0v) is 12.6. The third kappa shape index (κ3) is 3.85. The predicted molar refractivity (Wildman–Crippen MR) is 79.3 cm³/mol. The number of nitrogens with two attached hydrogens (primary N) is 1. The molecular formula is C16H26N2O2. The molecule has 1 amide bonds. The Morgan fingerprint density at radius 1 is 1.45 bits per heavy atom. The van der Waals surface area contributed by atoms with Gasteiger partial charge in [0.2, 0.25) is 0 Å². The normalized spacial score (nSPS) is 16.9. The number of hydrogen-bond acceptors (Lipinski definition) is 3. The average Bonchev–Trinajstić information content (AvgIpc) is 2.94. The van der Waals surface area contributed by atoms with Crippen molar-refractivity contribution in [3.8, 4) is 0 Å². The lowest BCUT2D eigenvalue weighted by Crippen LogP contribution is -2.38. The maximum absolute atomic E-state index is 12.3. The van der Waals surface area contributed by atoms with Gasteiger partial charge in [-0.1, -0.05) is 26.7 Å². The zero-order valence-electron chi connectivity index (χ0n) is 12.6. The first-order chi connectivity index (χ1) is 9.60. The van der Waals surface area contributed by atoms with Crippen LogP contribution >= 0.6 is 0 Å². The summed E-state index contributed by atoms with van der Waals surface area (Å²) < 4.78 is 5.24. The molecule has 0 aromatic carbocycles. The molecule has 1 saturated heterocycles. The van der Waals surface area contributed by atoms with E-state index in [0.29, 0.717) is 17.9 Å². The molecule has 1 fully saturated rings. The second-order valence-electron chi connectivity index (χ2n) is 6.21. The van der Waals surface area contributed by atoms with Gasteiger partial charge in [0.05, 0.1) is 12.1 Å². The van der Waals surface area contributed by atoms with Crippen LogP contribution in [0.5, 0.6) is 0 Å². The number of furan rings is 1. The second kappa shape index (κ2) is 6.93. The molecule has 2 rings (SSSR count). The van der Waals surface area contributed by atoms with Crippen molar-refractivity contribution in [3.05, 3.63) is 23.7 Å². The van der Waals surface area contributed by atoms with Crippen LogP contribution < -0.4 is 5.73 Å². The van der Waals surface area contributed by atoms with E-state index >= 15 is 0 Å². The minimum Gasteiger partial charge on any atom is -0.467 e. The van der Waals surface area contributed by atoms with E-state index in [1.165, 1.54) is 19.1 Å². The number of likely N-dealkylation sites (tertiary alicyclic amines) is 1. The number of rotatable bonds is 5. The summed E-state index contributed by atoms with van der Waals surface area (Å²) >= 11 is 0. The summed E-state index contributed by atoms with van der Waals surface area (Å²) in [4.78, 5) is 14.3. The van der Waals surface area contributed by atoms with E-state index in [4.69, 9.17) is 10.2 Å². The van der Waals surface area contributed by atoms with Gasteiger partial charge in [-0.25, -0.2) is 0 Å². The van der Waals surface area contributed by atoms with Gasteiger partial charge in [-0.05, 0) is 30.7 Å². The number of carbonyl (C=O) groups excluding carboxylic acids is 1. The van der Waals surface area contributed by atoms with Crippen molar-refractivity contribution in [3.63, 3.8) is 0 Å². The molecule has 1 aliphatic heterocycles. The second-order valence-corrected chi connectivity index (χ2v) is 6.21. The lowest BCUT2D eigenvalue weighted by Gasteiger charge is -2.32. The number of carbonyl (C=O) groups is 1. The van der Waals surface area contributed by atoms with Gasteiger partial charge in [0.15, 0.2) is 0 Å². The van der Waals surface area contributed by atoms with Gasteiger partial charge in [-0.2, -0.15) is 0 Å². The van der Waals surface area contributed by atoms with Gasteiger partial charge in [-0.15, -0.1) is 0 Å². The summed E-state index contributed by atoms with van der Waals surface area (Å²) in [7, 11) is 0. The minimum absolute atomic E-state index is 0.0794. The van der Waals surface area contributed by atoms with Crippen LogP contribution in [0.4, 0.5) is 0 Å². The molecule has 1 aromatic rings. The van der Waals surface area contributed by atoms with Gasteiger partial charge in [-0.3, -0.25) is 4.79 Å². The molecule has 4 nitrogen and oxygen atoms in total. The average molecular weight is 278 g/mol. The Bertz CT molecular complexity index is 431. The van der Waals surface area contributed by atoms with E-state index < -0.39 is 0 Å². The first-order valence-corrected chi connectivity index (χ1v) is 7.67. The monoisotopic (exact) mass is 278 g/mol. The van der Waals surface area contributed by atoms with Crippen molar-refractivity contribution in [2.75, 3.05) is 13.1 Å². The van der Waals surface area contributed by atoms with Crippen molar-refractivity contribution < 1.29 is 9.21 Å². The number of amides is 1. The van der Waals surface area contributed by atoms with Gasteiger partial charge in [0, 0.05) is 13.1 Å². The Hall–Kier alpha value is -1.29. The molecule has 20 heavy (non-hydrogen) atoms. The Balaban J connectivity index is 1.82. The molecule has 1 aromatic heterocycles. The summed E-state index contributed by atoms with van der Waals surface area (Å²) in [5, 5.41) is 0. The van der Waals surface area contributed by atoms with Gasteiger partial charge in [0.25, 0.3) is 5.91 Å². The largest absolute Gasteiger partial charge is 0.467 e. The molecule has 0 aliphatic carbocycles. The Labute approximate surface area is 121 Å². The topological polar surface area (TPSA) is 59.5 Å². The van der Waals surface area contributed by atoms with Gasteiger partial charge < -0.3 is 15.1 Å². The Morgan fingerprint density at radius 2 is 2.15 bits per heavy atom. The third-order valence-electron chi connectivity index (χ3n) is 4.16. The molecule has 0 bridgehead atoms.